The molecule has 1 atom stereocenters. The summed E-state index contributed by atoms with van der Waals surface area (Å²) >= 11 is 0. The molecule has 1 unspecified atom stereocenters. The molecule has 0 bridgehead atoms. The summed E-state index contributed by atoms with van der Waals surface area (Å²) in [6, 6.07) is 8.13. The highest BCUT2D eigenvalue weighted by Crippen LogP contribution is 2.15. The highest BCUT2D eigenvalue weighted by atomic mass is 16.3. The van der Waals surface area contributed by atoms with Gasteiger partial charge in [0.05, 0.1) is 0 Å². The maximum Gasteiger partial charge on any atom is 0.135 e. The standard InChI is InChI=1S/C12H14N2O/c1-9-3-2-4-10(7-9)8-11(15)12-13-5-6-14-12/h2-7,11,15H,8H2,1H3,(H,13,14). The lowest BCUT2D eigenvalue weighted by atomic mass is 10.1. The Balaban J connectivity index is 2.09. The normalized spacial score (nSPS) is 12.7. The first-order valence-corrected chi connectivity index (χ1v) is 4.98. The third-order valence-corrected chi connectivity index (χ3v) is 2.35. The van der Waals surface area contributed by atoms with Crippen molar-refractivity contribution in [3.05, 3.63) is 53.6 Å². The largest absolute Gasteiger partial charge is 0.385 e. The number of nitrogens with one attached hydrogen (secondary N) is 1. The molecule has 0 amide bonds. The van der Waals surface area contributed by atoms with Gasteiger partial charge in [0.15, 0.2) is 0 Å². The van der Waals surface area contributed by atoms with Crippen molar-refractivity contribution < 1.29 is 5.11 Å². The lowest BCUT2D eigenvalue weighted by Crippen LogP contribution is -2.03. The molecule has 0 aliphatic carbocycles. The van der Waals surface area contributed by atoms with Crippen molar-refractivity contribution in [1.82, 2.24) is 9.97 Å². The molecule has 3 heteroatoms. The summed E-state index contributed by atoms with van der Waals surface area (Å²) in [4.78, 5) is 6.94. The van der Waals surface area contributed by atoms with E-state index < -0.39 is 6.10 Å². The van der Waals surface area contributed by atoms with Crippen molar-refractivity contribution in [2.24, 2.45) is 0 Å². The van der Waals surface area contributed by atoms with Gasteiger partial charge < -0.3 is 10.1 Å². The van der Waals surface area contributed by atoms with E-state index in [2.05, 4.69) is 16.0 Å². The molecular weight excluding hydrogens is 188 g/mol. The fourth-order valence-corrected chi connectivity index (χ4v) is 1.62. The number of benzene rings is 1. The average Bonchev–Trinajstić information content (AvgIpc) is 2.70. The minimum atomic E-state index is -0.554. The zero-order valence-electron chi connectivity index (χ0n) is 8.64. The van der Waals surface area contributed by atoms with Crippen LogP contribution in [0, 0.1) is 6.92 Å². The summed E-state index contributed by atoms with van der Waals surface area (Å²) in [7, 11) is 0. The summed E-state index contributed by atoms with van der Waals surface area (Å²) < 4.78 is 0. The summed E-state index contributed by atoms with van der Waals surface area (Å²) in [5.41, 5.74) is 2.33. The Morgan fingerprint density at radius 3 is 3.00 bits per heavy atom. The molecule has 0 aliphatic rings. The number of H-pyrrole nitrogens is 1. The van der Waals surface area contributed by atoms with E-state index in [4.69, 9.17) is 0 Å². The van der Waals surface area contributed by atoms with E-state index in [9.17, 15) is 5.11 Å². The Morgan fingerprint density at radius 2 is 2.33 bits per heavy atom. The van der Waals surface area contributed by atoms with Crippen LogP contribution in [0.2, 0.25) is 0 Å². The van der Waals surface area contributed by atoms with Gasteiger partial charge in [0.2, 0.25) is 0 Å². The topological polar surface area (TPSA) is 48.9 Å². The Hall–Kier alpha value is -1.61. The summed E-state index contributed by atoms with van der Waals surface area (Å²) in [6.07, 6.45) is 3.40. The molecule has 0 fully saturated rings. The van der Waals surface area contributed by atoms with E-state index in [0.717, 1.165) is 5.56 Å². The molecule has 2 N–H and O–H groups in total. The first kappa shape index (κ1) is 9.93. The van der Waals surface area contributed by atoms with Crippen LogP contribution in [0.4, 0.5) is 0 Å². The molecule has 0 saturated carbocycles. The van der Waals surface area contributed by atoms with Crippen LogP contribution in [0.3, 0.4) is 0 Å². The smallest absolute Gasteiger partial charge is 0.135 e. The van der Waals surface area contributed by atoms with Crippen LogP contribution in [0.15, 0.2) is 36.7 Å². The third kappa shape index (κ3) is 2.44. The van der Waals surface area contributed by atoms with Crippen LogP contribution >= 0.6 is 0 Å². The Labute approximate surface area is 88.8 Å². The number of aryl methyl sites for hydroxylation is 1. The number of aromatic nitrogens is 2. The molecule has 15 heavy (non-hydrogen) atoms. The monoisotopic (exact) mass is 202 g/mol. The number of aromatic amines is 1. The molecule has 1 aromatic heterocycles. The van der Waals surface area contributed by atoms with Crippen molar-refractivity contribution in [1.29, 1.82) is 0 Å². The summed E-state index contributed by atoms with van der Waals surface area (Å²) in [6.45, 7) is 2.04. The molecule has 0 aliphatic heterocycles. The van der Waals surface area contributed by atoms with E-state index in [1.54, 1.807) is 12.4 Å². The fourth-order valence-electron chi connectivity index (χ4n) is 1.62. The maximum atomic E-state index is 9.86. The van der Waals surface area contributed by atoms with Gasteiger partial charge in [-0.2, -0.15) is 0 Å². The van der Waals surface area contributed by atoms with Crippen LogP contribution in [0.25, 0.3) is 0 Å². The van der Waals surface area contributed by atoms with Gasteiger partial charge in [0.25, 0.3) is 0 Å². The lowest BCUT2D eigenvalue weighted by Gasteiger charge is -2.08. The molecule has 2 aromatic rings. The van der Waals surface area contributed by atoms with Crippen molar-refractivity contribution in [3.8, 4) is 0 Å². The van der Waals surface area contributed by atoms with Crippen molar-refractivity contribution >= 4 is 0 Å². The molecular formula is C12H14N2O. The molecule has 78 valence electrons. The Bertz CT molecular complexity index is 423. The average molecular weight is 202 g/mol. The number of hydrogen-bond acceptors (Lipinski definition) is 2. The van der Waals surface area contributed by atoms with Gasteiger partial charge in [-0.25, -0.2) is 4.98 Å². The minimum absolute atomic E-state index is 0.554. The van der Waals surface area contributed by atoms with E-state index in [1.165, 1.54) is 5.56 Å². The molecule has 0 radical (unpaired) electrons. The van der Waals surface area contributed by atoms with Crippen LogP contribution in [0.1, 0.15) is 23.1 Å². The second-order valence-electron chi connectivity index (χ2n) is 3.68. The molecule has 3 nitrogen and oxygen atoms in total. The predicted octanol–water partition coefficient (Wildman–Crippen LogP) is 1.99. The third-order valence-electron chi connectivity index (χ3n) is 2.35. The van der Waals surface area contributed by atoms with E-state index in [1.807, 2.05) is 25.1 Å². The first-order chi connectivity index (χ1) is 7.25. The summed E-state index contributed by atoms with van der Waals surface area (Å²) in [5, 5.41) is 9.86. The SMILES string of the molecule is Cc1cccc(CC(O)c2ncc[nH]2)c1. The van der Waals surface area contributed by atoms with Gasteiger partial charge in [-0.1, -0.05) is 29.8 Å². The highest BCUT2D eigenvalue weighted by Gasteiger charge is 2.10. The molecule has 1 aromatic carbocycles. The number of imidazole rings is 1. The van der Waals surface area contributed by atoms with Crippen molar-refractivity contribution in [2.45, 2.75) is 19.4 Å². The predicted molar refractivity (Wildman–Crippen MR) is 58.4 cm³/mol. The van der Waals surface area contributed by atoms with Gasteiger partial charge in [-0.05, 0) is 12.5 Å². The zero-order chi connectivity index (χ0) is 10.7. The second-order valence-corrected chi connectivity index (χ2v) is 3.68. The fraction of sp³-hybridized carbons (Fsp3) is 0.250. The zero-order valence-corrected chi connectivity index (χ0v) is 8.64. The van der Waals surface area contributed by atoms with Crippen LogP contribution in [0.5, 0.6) is 0 Å². The van der Waals surface area contributed by atoms with Crippen LogP contribution in [-0.4, -0.2) is 15.1 Å². The van der Waals surface area contributed by atoms with Gasteiger partial charge in [0.1, 0.15) is 11.9 Å². The number of nitrogens with zero attached hydrogens (tertiary/aromatic N) is 1. The maximum absolute atomic E-state index is 9.86. The number of aliphatic hydroxyl groups excluding tert-OH is 1. The molecule has 1 heterocycles. The van der Waals surface area contributed by atoms with Gasteiger partial charge in [-0.15, -0.1) is 0 Å². The molecule has 0 saturated heterocycles. The lowest BCUT2D eigenvalue weighted by molar-refractivity contribution is 0.169. The van der Waals surface area contributed by atoms with Gasteiger partial charge in [0, 0.05) is 18.8 Å². The quantitative estimate of drug-likeness (QED) is 0.799. The van der Waals surface area contributed by atoms with E-state index in [0.29, 0.717) is 12.2 Å². The number of rotatable bonds is 3. The van der Waals surface area contributed by atoms with Crippen LogP contribution in [-0.2, 0) is 6.42 Å². The number of hydrogen-bond donors (Lipinski definition) is 2. The first-order valence-electron chi connectivity index (χ1n) is 4.98. The van der Waals surface area contributed by atoms with E-state index in [-0.39, 0.29) is 0 Å². The van der Waals surface area contributed by atoms with Gasteiger partial charge in [-0.3, -0.25) is 0 Å². The van der Waals surface area contributed by atoms with Crippen molar-refractivity contribution in [3.63, 3.8) is 0 Å². The summed E-state index contributed by atoms with van der Waals surface area (Å²) in [5.74, 6) is 0.622. The Kier molecular flexibility index (Phi) is 2.83. The highest BCUT2D eigenvalue weighted by molar-refractivity contribution is 5.23. The van der Waals surface area contributed by atoms with E-state index >= 15 is 0 Å². The minimum Gasteiger partial charge on any atom is -0.385 e. The Morgan fingerprint density at radius 1 is 1.47 bits per heavy atom. The number of aliphatic hydroxyl groups is 1. The molecule has 2 rings (SSSR count). The molecule has 0 spiro atoms. The van der Waals surface area contributed by atoms with Crippen molar-refractivity contribution in [2.75, 3.05) is 0 Å². The van der Waals surface area contributed by atoms with Gasteiger partial charge >= 0.3 is 0 Å². The second kappa shape index (κ2) is 4.28. The van der Waals surface area contributed by atoms with Crippen LogP contribution < -0.4 is 0 Å².